The van der Waals surface area contributed by atoms with Crippen LogP contribution in [0.25, 0.3) is 0 Å². The molecule has 0 saturated heterocycles. The molecule has 1 aliphatic rings. The topological polar surface area (TPSA) is 65.1 Å². The number of ether oxygens (including phenoxy) is 3. The van der Waals surface area contributed by atoms with Gasteiger partial charge < -0.3 is 23.6 Å². The van der Waals surface area contributed by atoms with Crippen LogP contribution in [-0.4, -0.2) is 75.8 Å². The first-order valence-corrected chi connectivity index (χ1v) is 14.9. The van der Waals surface area contributed by atoms with Crippen molar-refractivity contribution in [3.63, 3.8) is 0 Å². The molecule has 0 spiro atoms. The number of amides is 1. The highest BCUT2D eigenvalue weighted by Gasteiger charge is 2.36. The molecule has 1 amide bonds. The zero-order valence-corrected chi connectivity index (χ0v) is 27.2. The molecule has 0 bridgehead atoms. The van der Waals surface area contributed by atoms with Gasteiger partial charge in [0.15, 0.2) is 0 Å². The molecule has 8 heteroatoms. The number of quaternary nitrogens is 1. The number of rotatable bonds is 12. The summed E-state index contributed by atoms with van der Waals surface area (Å²) in [7, 11) is 8.07. The monoisotopic (exact) mass is 589 g/mol. The Morgan fingerprint density at radius 2 is 1.59 bits per heavy atom. The Morgan fingerprint density at radius 3 is 2.15 bits per heavy atom. The number of carbonyl (C=O) groups is 2. The van der Waals surface area contributed by atoms with E-state index in [1.807, 2.05) is 64.1 Å². The van der Waals surface area contributed by atoms with E-state index in [2.05, 4.69) is 21.1 Å². The molecule has 0 saturated carbocycles. The second-order valence-electron chi connectivity index (χ2n) is 10.3. The van der Waals surface area contributed by atoms with Gasteiger partial charge in [0.05, 0.1) is 46.5 Å². The average molecular weight is 590 g/mol. The molecule has 1 aliphatic heterocycles. The summed E-state index contributed by atoms with van der Waals surface area (Å²) >= 11 is 6.07. The first-order chi connectivity index (χ1) is 19.6. The van der Waals surface area contributed by atoms with Gasteiger partial charge in [-0.3, -0.25) is 4.79 Å². The van der Waals surface area contributed by atoms with Gasteiger partial charge in [0, 0.05) is 43.1 Å². The number of methoxy groups -OCH3 is 1. The van der Waals surface area contributed by atoms with Crippen molar-refractivity contribution in [3.8, 4) is 5.75 Å². The molecule has 0 aromatic heterocycles. The van der Waals surface area contributed by atoms with Crippen LogP contribution in [0.4, 0.5) is 0 Å². The summed E-state index contributed by atoms with van der Waals surface area (Å²) in [6.07, 6.45) is 1.14. The molecule has 41 heavy (non-hydrogen) atoms. The quantitative estimate of drug-likeness (QED) is 0.154. The van der Waals surface area contributed by atoms with Gasteiger partial charge >= 0.3 is 5.97 Å². The molecule has 228 valence electrons. The Bertz CT molecular complexity index is 1090. The van der Waals surface area contributed by atoms with Crippen molar-refractivity contribution >= 4 is 23.5 Å². The molecule has 0 fully saturated rings. The predicted octanol–water partition coefficient (Wildman–Crippen LogP) is 6.85. The largest absolute Gasteiger partial charge is 0.493 e. The van der Waals surface area contributed by atoms with Crippen molar-refractivity contribution in [2.75, 3.05) is 54.6 Å². The Hall–Kier alpha value is -2.87. The van der Waals surface area contributed by atoms with Crippen LogP contribution in [-0.2, 0) is 25.7 Å². The smallest absolute Gasteiger partial charge is 0.336 e. The lowest BCUT2D eigenvalue weighted by Crippen LogP contribution is -2.40. The van der Waals surface area contributed by atoms with E-state index in [0.717, 1.165) is 34.3 Å². The molecule has 0 aliphatic carbocycles. The number of benzene rings is 2. The second-order valence-corrected chi connectivity index (χ2v) is 10.7. The Labute approximate surface area is 252 Å². The number of halogens is 1. The number of esters is 1. The number of nitrogens with zero attached hydrogens (tertiary/aromatic N) is 2. The number of allylic oxidation sites excluding steroid dienone is 1. The van der Waals surface area contributed by atoms with Gasteiger partial charge in [0.25, 0.3) is 0 Å². The maximum atomic E-state index is 13.4. The zero-order chi connectivity index (χ0) is 31.0. The first-order valence-electron chi connectivity index (χ1n) is 14.5. The molecule has 0 N–H and O–H groups in total. The third-order valence-corrected chi connectivity index (χ3v) is 6.62. The summed E-state index contributed by atoms with van der Waals surface area (Å²) in [6.45, 7) is 12.4. The summed E-state index contributed by atoms with van der Waals surface area (Å²) in [5.74, 6) is -0.105. The van der Waals surface area contributed by atoms with Gasteiger partial charge in [0.2, 0.25) is 5.91 Å². The molecular weight excluding hydrogens is 540 g/mol. The van der Waals surface area contributed by atoms with Crippen LogP contribution in [0.1, 0.15) is 64.5 Å². The van der Waals surface area contributed by atoms with Crippen molar-refractivity contribution < 1.29 is 28.3 Å². The van der Waals surface area contributed by atoms with Crippen molar-refractivity contribution in [2.45, 2.75) is 60.0 Å². The highest BCUT2D eigenvalue weighted by atomic mass is 35.5. The lowest BCUT2D eigenvalue weighted by Gasteiger charge is -2.34. The summed E-state index contributed by atoms with van der Waals surface area (Å²) in [5, 5.41) is 0.596. The summed E-state index contributed by atoms with van der Waals surface area (Å²) in [5.41, 5.74) is 2.78. The predicted molar refractivity (Wildman–Crippen MR) is 167 cm³/mol. The third-order valence-electron chi connectivity index (χ3n) is 6.37. The van der Waals surface area contributed by atoms with Gasteiger partial charge in [-0.15, -0.1) is 0 Å². The molecule has 2 aromatic carbocycles. The lowest BCUT2D eigenvalue weighted by molar-refractivity contribution is -0.870. The number of hydrogen-bond acceptors (Lipinski definition) is 5. The Kier molecular flexibility index (Phi) is 16.3. The first kappa shape index (κ1) is 36.2. The van der Waals surface area contributed by atoms with E-state index in [4.69, 9.17) is 25.8 Å². The fraction of sp³-hybridized carbons (Fsp3) is 0.515. The molecule has 1 atom stereocenters. The zero-order valence-electron chi connectivity index (χ0n) is 26.5. The van der Waals surface area contributed by atoms with Gasteiger partial charge in [-0.05, 0) is 42.3 Å². The average Bonchev–Trinajstić information content (AvgIpc) is 2.96. The Morgan fingerprint density at radius 1 is 0.976 bits per heavy atom. The highest BCUT2D eigenvalue weighted by Crippen LogP contribution is 2.37. The van der Waals surface area contributed by atoms with Crippen molar-refractivity contribution in [1.82, 2.24) is 4.90 Å². The van der Waals surface area contributed by atoms with Crippen LogP contribution in [0.3, 0.4) is 0 Å². The van der Waals surface area contributed by atoms with Gasteiger partial charge in [-0.2, -0.15) is 0 Å². The van der Waals surface area contributed by atoms with E-state index in [0.29, 0.717) is 36.1 Å². The van der Waals surface area contributed by atoms with Gasteiger partial charge in [0.1, 0.15) is 12.4 Å². The molecule has 1 unspecified atom stereocenters. The fourth-order valence-electron chi connectivity index (χ4n) is 4.35. The highest BCUT2D eigenvalue weighted by molar-refractivity contribution is 6.30. The van der Waals surface area contributed by atoms with Crippen LogP contribution in [0, 0.1) is 0 Å². The van der Waals surface area contributed by atoms with Gasteiger partial charge in [-0.1, -0.05) is 63.6 Å². The van der Waals surface area contributed by atoms with E-state index in [1.54, 1.807) is 31.1 Å². The molecule has 7 nitrogen and oxygen atoms in total. The minimum atomic E-state index is -0.437. The molecular formula is C33H50ClN2O5+. The number of hydrogen-bond donors (Lipinski definition) is 0. The van der Waals surface area contributed by atoms with E-state index in [9.17, 15) is 9.59 Å². The minimum absolute atomic E-state index is 0.0527. The second kappa shape index (κ2) is 18.5. The SMILES string of the molecule is CC.CC.COCCN1C(=O)CC(c2ccc(Cl)cc2)C(C(=O)OCc2ccc(OCCC[N+](C)(C)C)cc2)=C1C. The van der Waals surface area contributed by atoms with E-state index in [1.165, 1.54) is 0 Å². The maximum Gasteiger partial charge on any atom is 0.336 e. The molecule has 3 rings (SSSR count). The van der Waals surface area contributed by atoms with Crippen LogP contribution >= 0.6 is 11.6 Å². The van der Waals surface area contributed by atoms with Crippen LogP contribution in [0.2, 0.25) is 5.02 Å². The van der Waals surface area contributed by atoms with Crippen LogP contribution in [0.15, 0.2) is 59.8 Å². The minimum Gasteiger partial charge on any atom is -0.493 e. The van der Waals surface area contributed by atoms with E-state index in [-0.39, 0.29) is 18.9 Å². The third kappa shape index (κ3) is 11.9. The summed E-state index contributed by atoms with van der Waals surface area (Å²) in [6, 6.07) is 14.8. The fourth-order valence-corrected chi connectivity index (χ4v) is 4.48. The van der Waals surface area contributed by atoms with Gasteiger partial charge in [-0.25, -0.2) is 4.79 Å². The van der Waals surface area contributed by atoms with Crippen LogP contribution in [0.5, 0.6) is 5.75 Å². The Balaban J connectivity index is 0.00000201. The molecule has 1 heterocycles. The van der Waals surface area contributed by atoms with Crippen molar-refractivity contribution in [1.29, 1.82) is 0 Å². The maximum absolute atomic E-state index is 13.4. The van der Waals surface area contributed by atoms with Crippen molar-refractivity contribution in [2.24, 2.45) is 0 Å². The van der Waals surface area contributed by atoms with Crippen molar-refractivity contribution in [3.05, 3.63) is 76.0 Å². The molecule has 2 aromatic rings. The normalized spacial score (nSPS) is 14.9. The number of carbonyl (C=O) groups excluding carboxylic acids is 2. The van der Waals surface area contributed by atoms with E-state index < -0.39 is 11.9 Å². The molecule has 0 radical (unpaired) electrons. The summed E-state index contributed by atoms with van der Waals surface area (Å²) < 4.78 is 17.6. The summed E-state index contributed by atoms with van der Waals surface area (Å²) in [4.78, 5) is 27.9. The standard InChI is InChI=1S/C29H38ClN2O5.2C2H6/c1-21-28(26(23-9-11-24(30)12-10-23)19-27(33)31(21)15-18-35-5)29(34)37-20-22-7-13-25(14-8-22)36-17-6-16-32(2,3)4;2*1-2/h7-14,26H,6,15-20H2,1-5H3;2*1-2H3/q+1;;. The lowest BCUT2D eigenvalue weighted by atomic mass is 9.83. The van der Waals surface area contributed by atoms with E-state index >= 15 is 0 Å². The van der Waals surface area contributed by atoms with Crippen LogP contribution < -0.4 is 4.74 Å².